The van der Waals surface area contributed by atoms with Crippen LogP contribution in [-0.2, 0) is 27.6 Å². The Kier molecular flexibility index (Phi) is 3.26. The molecule has 0 aliphatic heterocycles. The zero-order valence-corrected chi connectivity index (χ0v) is 10.6. The highest BCUT2D eigenvalue weighted by Gasteiger charge is 2.26. The van der Waals surface area contributed by atoms with Crippen LogP contribution in [0.1, 0.15) is 36.8 Å². The first-order valence-corrected chi connectivity index (χ1v) is 7.86. The molecule has 1 atom stereocenters. The summed E-state index contributed by atoms with van der Waals surface area (Å²) in [6.07, 6.45) is 3.89. The van der Waals surface area contributed by atoms with Crippen LogP contribution in [0.5, 0.6) is 0 Å². The molecule has 1 aromatic rings. The van der Waals surface area contributed by atoms with Gasteiger partial charge in [-0.05, 0) is 18.8 Å². The second-order valence-electron chi connectivity index (χ2n) is 4.23. The third-order valence-electron chi connectivity index (χ3n) is 3.11. The normalized spacial score (nSPS) is 20.8. The summed E-state index contributed by atoms with van der Waals surface area (Å²) in [5, 5.41) is 3.81. The summed E-state index contributed by atoms with van der Waals surface area (Å²) < 4.78 is 27.2. The second-order valence-corrected chi connectivity index (χ2v) is 7.01. The number of halogens is 1. The summed E-state index contributed by atoms with van der Waals surface area (Å²) in [6.45, 7) is 2.14. The van der Waals surface area contributed by atoms with Crippen molar-refractivity contribution in [1.82, 2.24) is 5.16 Å². The minimum absolute atomic E-state index is 0.232. The Balaban J connectivity index is 2.26. The lowest BCUT2D eigenvalue weighted by Crippen LogP contribution is -2.13. The molecule has 0 saturated carbocycles. The van der Waals surface area contributed by atoms with E-state index in [2.05, 4.69) is 12.1 Å². The van der Waals surface area contributed by atoms with Crippen molar-refractivity contribution in [1.29, 1.82) is 0 Å². The van der Waals surface area contributed by atoms with Crippen LogP contribution in [0.25, 0.3) is 0 Å². The number of rotatable bonds is 3. The Morgan fingerprint density at radius 3 is 2.94 bits per heavy atom. The van der Waals surface area contributed by atoms with E-state index < -0.39 is 9.05 Å². The SMILES string of the molecule is CCC1CCc2onc(CS(=O)(=O)Cl)c2C1. The van der Waals surface area contributed by atoms with Crippen LogP contribution in [0.4, 0.5) is 0 Å². The van der Waals surface area contributed by atoms with Crippen LogP contribution in [0.2, 0.25) is 0 Å². The van der Waals surface area contributed by atoms with E-state index in [0.717, 1.165) is 37.0 Å². The maximum absolute atomic E-state index is 11.0. The molecule has 0 amide bonds. The number of hydrogen-bond donors (Lipinski definition) is 0. The minimum Gasteiger partial charge on any atom is -0.361 e. The fourth-order valence-corrected chi connectivity index (χ4v) is 3.02. The second kappa shape index (κ2) is 4.37. The van der Waals surface area contributed by atoms with Crippen molar-refractivity contribution < 1.29 is 12.9 Å². The van der Waals surface area contributed by atoms with Gasteiger partial charge in [-0.1, -0.05) is 18.5 Å². The molecule has 1 aliphatic carbocycles. The molecule has 1 aromatic heterocycles. The highest BCUT2D eigenvalue weighted by Crippen LogP contribution is 2.30. The highest BCUT2D eigenvalue weighted by molar-refractivity contribution is 8.13. The Morgan fingerprint density at radius 2 is 2.31 bits per heavy atom. The molecule has 1 unspecified atom stereocenters. The number of hydrogen-bond acceptors (Lipinski definition) is 4. The van der Waals surface area contributed by atoms with Crippen molar-refractivity contribution in [3.05, 3.63) is 17.0 Å². The van der Waals surface area contributed by atoms with Gasteiger partial charge >= 0.3 is 0 Å². The van der Waals surface area contributed by atoms with Gasteiger partial charge in [-0.2, -0.15) is 0 Å². The summed E-state index contributed by atoms with van der Waals surface area (Å²) in [6, 6.07) is 0. The smallest absolute Gasteiger partial charge is 0.238 e. The molecule has 0 aromatic carbocycles. The average molecular weight is 264 g/mol. The van der Waals surface area contributed by atoms with Gasteiger partial charge in [-0.3, -0.25) is 0 Å². The van der Waals surface area contributed by atoms with Gasteiger partial charge in [0.2, 0.25) is 9.05 Å². The number of nitrogens with zero attached hydrogens (tertiary/aromatic N) is 1. The predicted molar refractivity (Wildman–Crippen MR) is 60.8 cm³/mol. The number of aromatic nitrogens is 1. The topological polar surface area (TPSA) is 60.2 Å². The summed E-state index contributed by atoms with van der Waals surface area (Å²) in [4.78, 5) is 0. The zero-order valence-electron chi connectivity index (χ0n) is 9.07. The molecule has 6 heteroatoms. The Labute approximate surface area is 99.4 Å². The Morgan fingerprint density at radius 1 is 1.56 bits per heavy atom. The van der Waals surface area contributed by atoms with Crippen LogP contribution >= 0.6 is 10.7 Å². The first-order valence-electron chi connectivity index (χ1n) is 5.38. The standard InChI is InChI=1S/C10H14ClNO3S/c1-2-7-3-4-10-8(5-7)9(12-15-10)6-16(11,13)14/h7H,2-6H2,1H3. The monoisotopic (exact) mass is 263 g/mol. The van der Waals surface area contributed by atoms with Gasteiger partial charge in [0.1, 0.15) is 17.2 Å². The van der Waals surface area contributed by atoms with Gasteiger partial charge in [0.05, 0.1) is 0 Å². The molecule has 0 fully saturated rings. The summed E-state index contributed by atoms with van der Waals surface area (Å²) in [5.41, 5.74) is 1.45. The summed E-state index contributed by atoms with van der Waals surface area (Å²) in [5.74, 6) is 1.20. The van der Waals surface area contributed by atoms with E-state index in [1.807, 2.05) is 0 Å². The van der Waals surface area contributed by atoms with Crippen molar-refractivity contribution in [2.75, 3.05) is 0 Å². The van der Waals surface area contributed by atoms with E-state index in [9.17, 15) is 8.42 Å². The Bertz CT molecular complexity index is 480. The highest BCUT2D eigenvalue weighted by atomic mass is 35.7. The lowest BCUT2D eigenvalue weighted by Gasteiger charge is -2.19. The maximum Gasteiger partial charge on any atom is 0.238 e. The molecule has 0 N–H and O–H groups in total. The van der Waals surface area contributed by atoms with Crippen LogP contribution in [0, 0.1) is 5.92 Å². The van der Waals surface area contributed by atoms with Gasteiger partial charge < -0.3 is 4.52 Å². The van der Waals surface area contributed by atoms with E-state index in [1.165, 1.54) is 0 Å². The van der Waals surface area contributed by atoms with E-state index >= 15 is 0 Å². The first kappa shape index (κ1) is 11.9. The molecule has 0 radical (unpaired) electrons. The molecular formula is C10H14ClNO3S. The van der Waals surface area contributed by atoms with Crippen LogP contribution in [0.15, 0.2) is 4.52 Å². The molecule has 1 aliphatic rings. The lowest BCUT2D eigenvalue weighted by atomic mass is 9.85. The molecule has 1 heterocycles. The van der Waals surface area contributed by atoms with E-state index in [-0.39, 0.29) is 5.75 Å². The van der Waals surface area contributed by atoms with Crippen molar-refractivity contribution in [3.63, 3.8) is 0 Å². The first-order chi connectivity index (χ1) is 7.49. The zero-order chi connectivity index (χ0) is 11.8. The fourth-order valence-electron chi connectivity index (χ4n) is 2.16. The largest absolute Gasteiger partial charge is 0.361 e. The third-order valence-corrected chi connectivity index (χ3v) is 4.06. The van der Waals surface area contributed by atoms with Crippen molar-refractivity contribution in [3.8, 4) is 0 Å². The molecule has 90 valence electrons. The van der Waals surface area contributed by atoms with Gasteiger partial charge in [0, 0.05) is 22.7 Å². The number of aryl methyl sites for hydroxylation is 1. The molecule has 4 nitrogen and oxygen atoms in total. The minimum atomic E-state index is -3.56. The third kappa shape index (κ3) is 2.58. The molecule has 2 rings (SSSR count). The van der Waals surface area contributed by atoms with Crippen LogP contribution in [-0.4, -0.2) is 13.6 Å². The van der Waals surface area contributed by atoms with E-state index in [1.54, 1.807) is 0 Å². The van der Waals surface area contributed by atoms with Crippen LogP contribution in [0.3, 0.4) is 0 Å². The number of fused-ring (bicyclic) bond motifs is 1. The lowest BCUT2D eigenvalue weighted by molar-refractivity contribution is 0.344. The summed E-state index contributed by atoms with van der Waals surface area (Å²) >= 11 is 0. The molecule has 16 heavy (non-hydrogen) atoms. The fraction of sp³-hybridized carbons (Fsp3) is 0.700. The quantitative estimate of drug-likeness (QED) is 0.785. The van der Waals surface area contributed by atoms with Crippen molar-refractivity contribution >= 4 is 19.7 Å². The average Bonchev–Trinajstić information content (AvgIpc) is 2.58. The molecular weight excluding hydrogens is 250 g/mol. The summed E-state index contributed by atoms with van der Waals surface area (Å²) in [7, 11) is 1.67. The van der Waals surface area contributed by atoms with Gasteiger partial charge in [-0.15, -0.1) is 0 Å². The van der Waals surface area contributed by atoms with Gasteiger partial charge in [-0.25, -0.2) is 8.42 Å². The van der Waals surface area contributed by atoms with Crippen LogP contribution < -0.4 is 0 Å². The van der Waals surface area contributed by atoms with Crippen molar-refractivity contribution in [2.45, 2.75) is 38.4 Å². The maximum atomic E-state index is 11.0. The molecule has 0 bridgehead atoms. The van der Waals surface area contributed by atoms with Gasteiger partial charge in [0.25, 0.3) is 0 Å². The molecule has 0 saturated heterocycles. The predicted octanol–water partition coefficient (Wildman–Crippen LogP) is 2.26. The van der Waals surface area contributed by atoms with Gasteiger partial charge in [0.15, 0.2) is 0 Å². The van der Waals surface area contributed by atoms with E-state index in [4.69, 9.17) is 15.2 Å². The molecule has 0 spiro atoms. The Hall–Kier alpha value is -0.550. The van der Waals surface area contributed by atoms with Crippen molar-refractivity contribution in [2.24, 2.45) is 5.92 Å². The van der Waals surface area contributed by atoms with E-state index in [0.29, 0.717) is 11.6 Å².